The van der Waals surface area contributed by atoms with Gasteiger partial charge < -0.3 is 10.6 Å². The van der Waals surface area contributed by atoms with Crippen molar-refractivity contribution in [2.75, 3.05) is 23.3 Å². The van der Waals surface area contributed by atoms with Gasteiger partial charge in [-0.2, -0.15) is 0 Å². The molecular formula is C26H21ClFN3O2. The van der Waals surface area contributed by atoms with Crippen molar-refractivity contribution >= 4 is 45.7 Å². The molecule has 0 aliphatic rings. The molecule has 0 unspecified atom stereocenters. The number of rotatable bonds is 6. The van der Waals surface area contributed by atoms with Crippen molar-refractivity contribution in [1.29, 1.82) is 0 Å². The number of carbonyl (C=O) groups is 2. The van der Waals surface area contributed by atoms with E-state index in [-0.39, 0.29) is 19.0 Å². The molecule has 0 spiro atoms. The molecule has 4 aromatic rings. The van der Waals surface area contributed by atoms with Crippen molar-refractivity contribution in [1.82, 2.24) is 5.32 Å². The molecule has 3 amide bonds. The molecule has 0 aliphatic heterocycles. The molecule has 7 heteroatoms. The van der Waals surface area contributed by atoms with Gasteiger partial charge in [0.25, 0.3) is 5.91 Å². The third-order valence-electron chi connectivity index (χ3n) is 5.11. The van der Waals surface area contributed by atoms with Crippen LogP contribution in [0.5, 0.6) is 0 Å². The highest BCUT2D eigenvalue weighted by molar-refractivity contribution is 6.30. The lowest BCUT2D eigenvalue weighted by Crippen LogP contribution is -2.41. The van der Waals surface area contributed by atoms with E-state index in [1.54, 1.807) is 30.3 Å². The maximum absolute atomic E-state index is 13.4. The molecule has 0 atom stereocenters. The number of carbonyl (C=O) groups excluding carboxylic acids is 2. The van der Waals surface area contributed by atoms with Crippen molar-refractivity contribution in [2.24, 2.45) is 0 Å². The fourth-order valence-corrected chi connectivity index (χ4v) is 3.53. The zero-order valence-electron chi connectivity index (χ0n) is 17.6. The first-order chi connectivity index (χ1) is 16.0. The SMILES string of the molecule is O=C(NCCN(C(=O)Nc1ccc(Cl)cc1)c1ccc(F)cc1)c1ccc2ccccc2c1. The van der Waals surface area contributed by atoms with Crippen LogP contribution in [0.25, 0.3) is 10.8 Å². The zero-order chi connectivity index (χ0) is 23.2. The fourth-order valence-electron chi connectivity index (χ4n) is 3.41. The van der Waals surface area contributed by atoms with E-state index < -0.39 is 11.8 Å². The van der Waals surface area contributed by atoms with Crippen LogP contribution in [0.15, 0.2) is 91.0 Å². The van der Waals surface area contributed by atoms with Gasteiger partial charge in [-0.3, -0.25) is 9.69 Å². The van der Waals surface area contributed by atoms with Crippen LogP contribution in [0.2, 0.25) is 5.02 Å². The van der Waals surface area contributed by atoms with Crippen molar-refractivity contribution in [3.8, 4) is 0 Å². The predicted molar refractivity (Wildman–Crippen MR) is 130 cm³/mol. The molecule has 0 radical (unpaired) electrons. The summed E-state index contributed by atoms with van der Waals surface area (Å²) in [6, 6.07) is 25.2. The minimum atomic E-state index is -0.413. The highest BCUT2D eigenvalue weighted by atomic mass is 35.5. The molecule has 5 nitrogen and oxygen atoms in total. The Balaban J connectivity index is 1.45. The van der Waals surface area contributed by atoms with Crippen LogP contribution in [0, 0.1) is 5.82 Å². The number of nitrogens with zero attached hydrogens (tertiary/aromatic N) is 1. The van der Waals surface area contributed by atoms with E-state index in [1.165, 1.54) is 29.2 Å². The summed E-state index contributed by atoms with van der Waals surface area (Å²) in [5.74, 6) is -0.640. The fraction of sp³-hybridized carbons (Fsp3) is 0.0769. The number of hydrogen-bond acceptors (Lipinski definition) is 2. The highest BCUT2D eigenvalue weighted by Gasteiger charge is 2.17. The van der Waals surface area contributed by atoms with Crippen LogP contribution in [0.1, 0.15) is 10.4 Å². The molecule has 4 rings (SSSR count). The first-order valence-electron chi connectivity index (χ1n) is 10.4. The minimum Gasteiger partial charge on any atom is -0.350 e. The lowest BCUT2D eigenvalue weighted by atomic mass is 10.1. The molecule has 2 N–H and O–H groups in total. The lowest BCUT2D eigenvalue weighted by Gasteiger charge is -2.23. The van der Waals surface area contributed by atoms with Gasteiger partial charge in [0.2, 0.25) is 0 Å². The van der Waals surface area contributed by atoms with E-state index in [4.69, 9.17) is 11.6 Å². The van der Waals surface area contributed by atoms with E-state index in [0.29, 0.717) is 22.0 Å². The average molecular weight is 462 g/mol. The van der Waals surface area contributed by atoms with Gasteiger partial charge in [0.1, 0.15) is 5.82 Å². The molecule has 0 bridgehead atoms. The summed E-state index contributed by atoms with van der Waals surface area (Å²) < 4.78 is 13.4. The average Bonchev–Trinajstić information content (AvgIpc) is 2.83. The van der Waals surface area contributed by atoms with Gasteiger partial charge in [0.15, 0.2) is 0 Å². The van der Waals surface area contributed by atoms with E-state index in [0.717, 1.165) is 10.8 Å². The summed E-state index contributed by atoms with van der Waals surface area (Å²) in [6.45, 7) is 0.390. The van der Waals surface area contributed by atoms with Crippen LogP contribution in [-0.2, 0) is 0 Å². The maximum atomic E-state index is 13.4. The van der Waals surface area contributed by atoms with Crippen molar-refractivity contribution in [3.05, 3.63) is 107 Å². The summed E-state index contributed by atoms with van der Waals surface area (Å²) in [5.41, 5.74) is 1.60. The summed E-state index contributed by atoms with van der Waals surface area (Å²) in [7, 11) is 0. The van der Waals surface area contributed by atoms with Crippen molar-refractivity contribution in [2.45, 2.75) is 0 Å². The number of halogens is 2. The number of fused-ring (bicyclic) bond motifs is 1. The van der Waals surface area contributed by atoms with E-state index in [9.17, 15) is 14.0 Å². The monoisotopic (exact) mass is 461 g/mol. The van der Waals surface area contributed by atoms with Gasteiger partial charge in [-0.05, 0) is 71.4 Å². The number of benzene rings is 4. The summed E-state index contributed by atoms with van der Waals surface area (Å²) in [5, 5.41) is 8.22. The standard InChI is InChI=1S/C26H21ClFN3O2/c27-21-7-11-23(12-8-21)30-26(33)31(24-13-9-22(28)10-14-24)16-15-29-25(32)20-6-5-18-3-1-2-4-19(18)17-20/h1-14,17H,15-16H2,(H,29,32)(H,30,33). The van der Waals surface area contributed by atoms with Crippen LogP contribution in [0.3, 0.4) is 0 Å². The third-order valence-corrected chi connectivity index (χ3v) is 5.36. The Morgan fingerprint density at radius 2 is 1.55 bits per heavy atom. The van der Waals surface area contributed by atoms with Gasteiger partial charge in [-0.25, -0.2) is 9.18 Å². The second-order valence-electron chi connectivity index (χ2n) is 7.38. The third kappa shape index (κ3) is 5.67. The molecular weight excluding hydrogens is 441 g/mol. The number of amides is 3. The summed E-state index contributed by atoms with van der Waals surface area (Å²) in [4.78, 5) is 27.0. The number of hydrogen-bond donors (Lipinski definition) is 2. The van der Waals surface area contributed by atoms with E-state index >= 15 is 0 Å². The Hall–Kier alpha value is -3.90. The van der Waals surface area contributed by atoms with Crippen molar-refractivity contribution in [3.63, 3.8) is 0 Å². The van der Waals surface area contributed by atoms with E-state index in [2.05, 4.69) is 10.6 Å². The smallest absolute Gasteiger partial charge is 0.326 e. The second kappa shape index (κ2) is 10.1. The minimum absolute atomic E-state index is 0.185. The van der Waals surface area contributed by atoms with Crippen LogP contribution in [0.4, 0.5) is 20.6 Å². The van der Waals surface area contributed by atoms with Crippen LogP contribution in [-0.4, -0.2) is 25.0 Å². The molecule has 0 aliphatic carbocycles. The maximum Gasteiger partial charge on any atom is 0.326 e. The largest absolute Gasteiger partial charge is 0.350 e. The van der Waals surface area contributed by atoms with Gasteiger partial charge in [-0.1, -0.05) is 41.9 Å². The van der Waals surface area contributed by atoms with Gasteiger partial charge in [0, 0.05) is 35.1 Å². The first-order valence-corrected chi connectivity index (χ1v) is 10.7. The highest BCUT2D eigenvalue weighted by Crippen LogP contribution is 2.19. The zero-order valence-corrected chi connectivity index (χ0v) is 18.4. The number of nitrogens with one attached hydrogen (secondary N) is 2. The Bertz CT molecular complexity index is 1280. The first kappa shape index (κ1) is 22.3. The Morgan fingerprint density at radius 3 is 2.27 bits per heavy atom. The molecule has 0 heterocycles. The number of urea groups is 1. The van der Waals surface area contributed by atoms with Gasteiger partial charge in [-0.15, -0.1) is 0 Å². The predicted octanol–water partition coefficient (Wildman–Crippen LogP) is 6.10. The van der Waals surface area contributed by atoms with Crippen LogP contribution < -0.4 is 15.5 Å². The van der Waals surface area contributed by atoms with Crippen LogP contribution >= 0.6 is 11.6 Å². The quantitative estimate of drug-likeness (QED) is 0.364. The molecule has 33 heavy (non-hydrogen) atoms. The molecule has 4 aromatic carbocycles. The topological polar surface area (TPSA) is 61.4 Å². The van der Waals surface area contributed by atoms with E-state index in [1.807, 2.05) is 36.4 Å². The summed E-state index contributed by atoms with van der Waals surface area (Å²) >= 11 is 5.90. The lowest BCUT2D eigenvalue weighted by molar-refractivity contribution is 0.0954. The molecule has 0 saturated heterocycles. The molecule has 0 fully saturated rings. The molecule has 166 valence electrons. The van der Waals surface area contributed by atoms with Gasteiger partial charge >= 0.3 is 6.03 Å². The Kier molecular flexibility index (Phi) is 6.86. The molecule has 0 aromatic heterocycles. The Morgan fingerprint density at radius 1 is 0.848 bits per heavy atom. The molecule has 0 saturated carbocycles. The van der Waals surface area contributed by atoms with Crippen molar-refractivity contribution < 1.29 is 14.0 Å². The normalized spacial score (nSPS) is 10.6. The van der Waals surface area contributed by atoms with Gasteiger partial charge in [0.05, 0.1) is 0 Å². The Labute approximate surface area is 195 Å². The summed E-state index contributed by atoms with van der Waals surface area (Å²) in [6.07, 6.45) is 0. The number of anilines is 2. The second-order valence-corrected chi connectivity index (χ2v) is 7.82.